The van der Waals surface area contributed by atoms with Gasteiger partial charge in [0, 0.05) is 13.1 Å². The molecule has 2 aromatic carbocycles. The fraction of sp³-hybridized carbons (Fsp3) is 0.417. The molecule has 2 N–H and O–H groups in total. The summed E-state index contributed by atoms with van der Waals surface area (Å²) in [5, 5.41) is 9.31. The van der Waals surface area contributed by atoms with Crippen molar-refractivity contribution in [3.63, 3.8) is 0 Å². The summed E-state index contributed by atoms with van der Waals surface area (Å²) in [4.78, 5) is 11.2. The van der Waals surface area contributed by atoms with Crippen molar-refractivity contribution < 1.29 is 26.4 Å². The van der Waals surface area contributed by atoms with E-state index in [9.17, 15) is 31.6 Å². The summed E-state index contributed by atoms with van der Waals surface area (Å²) in [6.07, 6.45) is 1.10. The lowest BCUT2D eigenvalue weighted by Crippen LogP contribution is -2.66. The summed E-state index contributed by atoms with van der Waals surface area (Å²) >= 11 is 0. The fourth-order valence-electron chi connectivity index (χ4n) is 3.55. The quantitative estimate of drug-likeness (QED) is 0.548. The number of halogens is 3. The number of rotatable bonds is 9. The predicted octanol–water partition coefficient (Wildman–Crippen LogP) is 4.60. The minimum atomic E-state index is -5.99. The standard InChI is InChI=1S/C24H28F3N3O3S/c1-4-5-14-30(22(31)23(29,17(2)3)34(32,33)24(25,26)27)16-18-10-12-19(13-11-18)21-9-7-6-8-20(21)15-28/h6-13,17H,4-5,14,16,29H2,1-3H3/t23-/m0/s1. The number of hydrogen-bond acceptors (Lipinski definition) is 5. The average Bonchev–Trinajstić information content (AvgIpc) is 2.80. The maximum absolute atomic E-state index is 13.4. The second kappa shape index (κ2) is 10.6. The highest BCUT2D eigenvalue weighted by atomic mass is 32.2. The summed E-state index contributed by atoms with van der Waals surface area (Å²) in [6.45, 7) is 4.14. The van der Waals surface area contributed by atoms with Crippen molar-refractivity contribution in [3.8, 4) is 17.2 Å². The molecule has 0 aliphatic rings. The van der Waals surface area contributed by atoms with Crippen LogP contribution in [0.15, 0.2) is 48.5 Å². The number of carbonyl (C=O) groups excluding carboxylic acids is 1. The molecular weight excluding hydrogens is 467 g/mol. The minimum Gasteiger partial charge on any atom is -0.336 e. The first-order chi connectivity index (χ1) is 15.8. The third-order valence-corrected chi connectivity index (χ3v) is 7.84. The van der Waals surface area contributed by atoms with Crippen LogP contribution in [0.1, 0.15) is 44.7 Å². The predicted molar refractivity (Wildman–Crippen MR) is 124 cm³/mol. The van der Waals surface area contributed by atoms with E-state index in [1.165, 1.54) is 13.8 Å². The number of benzene rings is 2. The van der Waals surface area contributed by atoms with Crippen LogP contribution in [-0.2, 0) is 21.2 Å². The Morgan fingerprint density at radius 3 is 2.21 bits per heavy atom. The molecule has 0 radical (unpaired) electrons. The SMILES string of the molecule is CCCCN(Cc1ccc(-c2ccccc2C#N)cc1)C(=O)[C@](N)(C(C)C)S(=O)(=O)C(F)(F)F. The van der Waals surface area contributed by atoms with E-state index >= 15 is 0 Å². The molecule has 10 heteroatoms. The lowest BCUT2D eigenvalue weighted by atomic mass is 9.99. The number of carbonyl (C=O) groups is 1. The Morgan fingerprint density at radius 2 is 1.71 bits per heavy atom. The molecule has 0 aromatic heterocycles. The van der Waals surface area contributed by atoms with Gasteiger partial charge in [-0.25, -0.2) is 8.42 Å². The maximum atomic E-state index is 13.4. The largest absolute Gasteiger partial charge is 0.499 e. The van der Waals surface area contributed by atoms with Crippen molar-refractivity contribution in [2.24, 2.45) is 11.7 Å². The van der Waals surface area contributed by atoms with Crippen LogP contribution in [0.3, 0.4) is 0 Å². The molecule has 1 amide bonds. The summed E-state index contributed by atoms with van der Waals surface area (Å²) in [6, 6.07) is 16.0. The molecule has 0 aliphatic carbocycles. The van der Waals surface area contributed by atoms with Crippen molar-refractivity contribution in [1.82, 2.24) is 4.90 Å². The van der Waals surface area contributed by atoms with Crippen LogP contribution in [0.5, 0.6) is 0 Å². The first-order valence-electron chi connectivity index (χ1n) is 10.8. The Morgan fingerprint density at radius 1 is 1.12 bits per heavy atom. The van der Waals surface area contributed by atoms with E-state index in [0.717, 1.165) is 10.5 Å². The third kappa shape index (κ3) is 5.26. The van der Waals surface area contributed by atoms with E-state index in [0.29, 0.717) is 29.5 Å². The topological polar surface area (TPSA) is 104 Å². The van der Waals surface area contributed by atoms with Crippen LogP contribution >= 0.6 is 0 Å². The van der Waals surface area contributed by atoms with Gasteiger partial charge in [-0.2, -0.15) is 18.4 Å². The number of nitrogens with zero attached hydrogens (tertiary/aromatic N) is 2. The van der Waals surface area contributed by atoms with E-state index in [-0.39, 0.29) is 13.1 Å². The molecular formula is C24H28F3N3O3S. The van der Waals surface area contributed by atoms with Gasteiger partial charge < -0.3 is 10.6 Å². The molecule has 0 fully saturated rings. The molecule has 0 saturated heterocycles. The van der Waals surface area contributed by atoms with Gasteiger partial charge in [-0.3, -0.25) is 4.79 Å². The zero-order valence-electron chi connectivity index (χ0n) is 19.3. The molecule has 2 rings (SSSR count). The average molecular weight is 496 g/mol. The van der Waals surface area contributed by atoms with Crippen LogP contribution in [0.2, 0.25) is 0 Å². The van der Waals surface area contributed by atoms with Crippen molar-refractivity contribution in [2.75, 3.05) is 6.54 Å². The monoisotopic (exact) mass is 495 g/mol. The zero-order chi connectivity index (χ0) is 25.7. The number of sulfone groups is 1. The highest BCUT2D eigenvalue weighted by Gasteiger charge is 2.64. The Hall–Kier alpha value is -2.90. The lowest BCUT2D eigenvalue weighted by Gasteiger charge is -2.37. The second-order valence-electron chi connectivity index (χ2n) is 8.33. The number of nitrogens with two attached hydrogens (primary N) is 1. The summed E-state index contributed by atoms with van der Waals surface area (Å²) < 4.78 is 64.8. The molecule has 0 bridgehead atoms. The number of nitriles is 1. The number of alkyl halides is 3. The van der Waals surface area contributed by atoms with Gasteiger partial charge in [-0.05, 0) is 35.1 Å². The molecule has 2 aromatic rings. The molecule has 0 aliphatic heterocycles. The van der Waals surface area contributed by atoms with Crippen molar-refractivity contribution in [3.05, 3.63) is 59.7 Å². The molecule has 0 unspecified atom stereocenters. The molecule has 6 nitrogen and oxygen atoms in total. The summed E-state index contributed by atoms with van der Waals surface area (Å²) in [5.41, 5.74) is 2.64. The Labute approximate surface area is 198 Å². The van der Waals surface area contributed by atoms with Crippen LogP contribution in [0, 0.1) is 17.2 Å². The minimum absolute atomic E-state index is 0.0490. The number of hydrogen-bond donors (Lipinski definition) is 1. The van der Waals surface area contributed by atoms with Gasteiger partial charge in [-0.15, -0.1) is 0 Å². The van der Waals surface area contributed by atoms with Gasteiger partial charge in [0.2, 0.25) is 4.87 Å². The highest BCUT2D eigenvalue weighted by Crippen LogP contribution is 2.37. The van der Waals surface area contributed by atoms with Crippen molar-refractivity contribution in [2.45, 2.75) is 50.5 Å². The third-order valence-electron chi connectivity index (χ3n) is 5.70. The number of amides is 1. The van der Waals surface area contributed by atoms with E-state index < -0.39 is 32.0 Å². The Bertz CT molecular complexity index is 1160. The van der Waals surface area contributed by atoms with Crippen LogP contribution in [0.4, 0.5) is 13.2 Å². The van der Waals surface area contributed by atoms with Crippen LogP contribution in [0.25, 0.3) is 11.1 Å². The Kier molecular flexibility index (Phi) is 8.50. The summed E-state index contributed by atoms with van der Waals surface area (Å²) in [7, 11) is -5.99. The van der Waals surface area contributed by atoms with Gasteiger partial charge >= 0.3 is 5.51 Å². The van der Waals surface area contributed by atoms with Gasteiger partial charge in [0.05, 0.1) is 11.6 Å². The molecule has 0 spiro atoms. The van der Waals surface area contributed by atoms with Gasteiger partial charge in [0.25, 0.3) is 15.7 Å². The van der Waals surface area contributed by atoms with Gasteiger partial charge in [0.1, 0.15) is 0 Å². The first kappa shape index (κ1) is 27.3. The summed E-state index contributed by atoms with van der Waals surface area (Å²) in [5.74, 6) is -2.60. The van der Waals surface area contributed by atoms with Crippen LogP contribution < -0.4 is 5.73 Å². The zero-order valence-corrected chi connectivity index (χ0v) is 20.1. The molecule has 1 atom stereocenters. The molecule has 0 heterocycles. The van der Waals surface area contributed by atoms with Crippen molar-refractivity contribution >= 4 is 15.7 Å². The first-order valence-corrected chi connectivity index (χ1v) is 12.3. The fourth-order valence-corrected chi connectivity index (χ4v) is 4.92. The van der Waals surface area contributed by atoms with Crippen LogP contribution in [-0.4, -0.2) is 36.1 Å². The second-order valence-corrected chi connectivity index (χ2v) is 10.5. The normalized spacial score (nSPS) is 13.9. The Balaban J connectivity index is 2.42. The van der Waals surface area contributed by atoms with Crippen molar-refractivity contribution in [1.29, 1.82) is 5.26 Å². The van der Waals surface area contributed by atoms with E-state index in [1.807, 2.05) is 6.92 Å². The number of unbranched alkanes of at least 4 members (excludes halogenated alkanes) is 1. The highest BCUT2D eigenvalue weighted by molar-refractivity contribution is 7.94. The maximum Gasteiger partial charge on any atom is 0.499 e. The molecule has 0 saturated carbocycles. The lowest BCUT2D eigenvalue weighted by molar-refractivity contribution is -0.136. The molecule has 184 valence electrons. The van der Waals surface area contributed by atoms with Gasteiger partial charge in [0.15, 0.2) is 0 Å². The van der Waals surface area contributed by atoms with E-state index in [1.54, 1.807) is 48.5 Å². The smallest absolute Gasteiger partial charge is 0.336 e. The van der Waals surface area contributed by atoms with Gasteiger partial charge in [-0.1, -0.05) is 69.7 Å². The molecule has 34 heavy (non-hydrogen) atoms. The van der Waals surface area contributed by atoms with E-state index in [4.69, 9.17) is 5.73 Å². The van der Waals surface area contributed by atoms with E-state index in [2.05, 4.69) is 6.07 Å².